The summed E-state index contributed by atoms with van der Waals surface area (Å²) in [6.07, 6.45) is 1.68. The summed E-state index contributed by atoms with van der Waals surface area (Å²) in [5, 5.41) is 13.3. The van der Waals surface area contributed by atoms with Crippen molar-refractivity contribution >= 4 is 21.9 Å². The zero-order chi connectivity index (χ0) is 14.2. The Morgan fingerprint density at radius 1 is 1.42 bits per heavy atom. The lowest BCUT2D eigenvalue weighted by Crippen LogP contribution is -2.05. The van der Waals surface area contributed by atoms with Gasteiger partial charge in [-0.1, -0.05) is 0 Å². The topological polar surface area (TPSA) is 68.0 Å². The fraction of sp³-hybridized carbons (Fsp3) is 0.308. The van der Waals surface area contributed by atoms with Crippen molar-refractivity contribution in [2.45, 2.75) is 27.2 Å². The molecule has 2 aromatic rings. The van der Waals surface area contributed by atoms with Crippen LogP contribution in [0.2, 0.25) is 0 Å². The predicted molar refractivity (Wildman–Crippen MR) is 74.6 cm³/mol. The van der Waals surface area contributed by atoms with E-state index in [-0.39, 0.29) is 6.42 Å². The van der Waals surface area contributed by atoms with E-state index < -0.39 is 5.97 Å². The van der Waals surface area contributed by atoms with E-state index in [9.17, 15) is 4.79 Å². The van der Waals surface area contributed by atoms with Crippen molar-refractivity contribution in [1.82, 2.24) is 14.8 Å². The zero-order valence-electron chi connectivity index (χ0n) is 10.9. The standard InChI is InChI=1S/C13H14BrN3O2/c1-7-4-5-15-13(12(7)14)17-9(3)10(6-11(18)19)8(2)16-17/h4-5H,6H2,1-3H3,(H,18,19). The average Bonchev–Trinajstić information content (AvgIpc) is 2.60. The van der Waals surface area contributed by atoms with Gasteiger partial charge in [0.15, 0.2) is 5.82 Å². The minimum Gasteiger partial charge on any atom is -0.481 e. The number of aliphatic carboxylic acids is 1. The molecule has 0 radical (unpaired) electrons. The van der Waals surface area contributed by atoms with Crippen LogP contribution in [0.4, 0.5) is 0 Å². The van der Waals surface area contributed by atoms with Crippen LogP contribution < -0.4 is 0 Å². The number of rotatable bonds is 3. The van der Waals surface area contributed by atoms with Gasteiger partial charge in [0, 0.05) is 17.5 Å². The van der Waals surface area contributed by atoms with Crippen LogP contribution in [0.5, 0.6) is 0 Å². The van der Waals surface area contributed by atoms with E-state index in [0.29, 0.717) is 5.82 Å². The van der Waals surface area contributed by atoms with Gasteiger partial charge < -0.3 is 5.11 Å². The Hall–Kier alpha value is -1.69. The number of aromatic nitrogens is 3. The first-order chi connectivity index (χ1) is 8.91. The van der Waals surface area contributed by atoms with E-state index in [4.69, 9.17) is 5.11 Å². The molecule has 2 heterocycles. The van der Waals surface area contributed by atoms with E-state index in [1.165, 1.54) is 0 Å². The fourth-order valence-corrected chi connectivity index (χ4v) is 2.36. The molecule has 1 N–H and O–H groups in total. The summed E-state index contributed by atoms with van der Waals surface area (Å²) in [6.45, 7) is 5.64. The molecule has 100 valence electrons. The molecule has 0 bridgehead atoms. The molecule has 0 fully saturated rings. The normalized spacial score (nSPS) is 10.7. The summed E-state index contributed by atoms with van der Waals surface area (Å²) in [7, 11) is 0. The van der Waals surface area contributed by atoms with Gasteiger partial charge in [0.05, 0.1) is 16.6 Å². The van der Waals surface area contributed by atoms with Crippen LogP contribution in [0.15, 0.2) is 16.7 Å². The molecule has 0 aliphatic heterocycles. The summed E-state index contributed by atoms with van der Waals surface area (Å²) < 4.78 is 2.55. The summed E-state index contributed by atoms with van der Waals surface area (Å²) in [5.74, 6) is -0.181. The molecule has 19 heavy (non-hydrogen) atoms. The average molecular weight is 324 g/mol. The molecule has 0 saturated heterocycles. The molecular formula is C13H14BrN3O2. The Labute approximate surface area is 119 Å². The van der Waals surface area contributed by atoms with Gasteiger partial charge in [-0.3, -0.25) is 4.79 Å². The van der Waals surface area contributed by atoms with Gasteiger partial charge >= 0.3 is 5.97 Å². The second-order valence-electron chi connectivity index (χ2n) is 4.40. The number of aryl methyl sites for hydroxylation is 2. The molecule has 0 aliphatic carbocycles. The highest BCUT2D eigenvalue weighted by atomic mass is 79.9. The summed E-state index contributed by atoms with van der Waals surface area (Å²) in [4.78, 5) is 15.2. The molecule has 6 heteroatoms. The lowest BCUT2D eigenvalue weighted by Gasteiger charge is -2.08. The van der Waals surface area contributed by atoms with Gasteiger partial charge in [0.2, 0.25) is 0 Å². The quantitative estimate of drug-likeness (QED) is 0.942. The molecule has 0 aromatic carbocycles. The van der Waals surface area contributed by atoms with Gasteiger partial charge in [-0.15, -0.1) is 0 Å². The summed E-state index contributed by atoms with van der Waals surface area (Å²) in [5.41, 5.74) is 3.31. The molecular weight excluding hydrogens is 310 g/mol. The molecule has 0 saturated carbocycles. The SMILES string of the molecule is Cc1ccnc(-n2nc(C)c(CC(=O)O)c2C)c1Br. The molecule has 0 unspecified atom stereocenters. The van der Waals surface area contributed by atoms with Crippen molar-refractivity contribution in [2.24, 2.45) is 0 Å². The molecule has 0 amide bonds. The maximum absolute atomic E-state index is 10.9. The lowest BCUT2D eigenvalue weighted by molar-refractivity contribution is -0.136. The van der Waals surface area contributed by atoms with Crippen molar-refractivity contribution in [3.8, 4) is 5.82 Å². The van der Waals surface area contributed by atoms with E-state index in [2.05, 4.69) is 26.0 Å². The molecule has 0 spiro atoms. The second-order valence-corrected chi connectivity index (χ2v) is 5.19. The fourth-order valence-electron chi connectivity index (χ4n) is 1.96. The van der Waals surface area contributed by atoms with Crippen LogP contribution in [-0.2, 0) is 11.2 Å². The number of halogens is 1. The number of hydrogen-bond acceptors (Lipinski definition) is 3. The van der Waals surface area contributed by atoms with Crippen LogP contribution in [0.1, 0.15) is 22.5 Å². The van der Waals surface area contributed by atoms with E-state index in [1.54, 1.807) is 10.9 Å². The number of pyridine rings is 1. The Morgan fingerprint density at radius 3 is 2.74 bits per heavy atom. The van der Waals surface area contributed by atoms with Crippen molar-refractivity contribution in [3.05, 3.63) is 39.3 Å². The van der Waals surface area contributed by atoms with Gasteiger partial charge in [-0.25, -0.2) is 9.67 Å². The number of nitrogens with zero attached hydrogens (tertiary/aromatic N) is 3. The van der Waals surface area contributed by atoms with Crippen molar-refractivity contribution < 1.29 is 9.90 Å². The smallest absolute Gasteiger partial charge is 0.307 e. The Morgan fingerprint density at radius 2 is 2.11 bits per heavy atom. The molecule has 2 aromatic heterocycles. The van der Waals surface area contributed by atoms with E-state index in [1.807, 2.05) is 26.8 Å². The first kappa shape index (κ1) is 13.7. The first-order valence-corrected chi connectivity index (χ1v) is 6.59. The largest absolute Gasteiger partial charge is 0.481 e. The molecule has 0 aliphatic rings. The van der Waals surface area contributed by atoms with E-state index in [0.717, 1.165) is 27.0 Å². The number of hydrogen-bond donors (Lipinski definition) is 1. The van der Waals surface area contributed by atoms with Crippen molar-refractivity contribution in [3.63, 3.8) is 0 Å². The number of carboxylic acids is 1. The van der Waals surface area contributed by atoms with Crippen LogP contribution >= 0.6 is 15.9 Å². The third-order valence-electron chi connectivity index (χ3n) is 3.03. The Kier molecular flexibility index (Phi) is 3.71. The summed E-state index contributed by atoms with van der Waals surface area (Å²) >= 11 is 3.50. The molecule has 5 nitrogen and oxygen atoms in total. The van der Waals surface area contributed by atoms with Crippen LogP contribution in [-0.4, -0.2) is 25.8 Å². The third-order valence-corrected chi connectivity index (χ3v) is 4.01. The molecule has 2 rings (SSSR count). The van der Waals surface area contributed by atoms with Gasteiger partial charge in [0.1, 0.15) is 0 Å². The Bertz CT molecular complexity index is 650. The predicted octanol–water partition coefficient (Wildman–Crippen LogP) is 2.58. The van der Waals surface area contributed by atoms with Gasteiger partial charge in [-0.05, 0) is 48.3 Å². The second kappa shape index (κ2) is 5.13. The summed E-state index contributed by atoms with van der Waals surface area (Å²) in [6, 6.07) is 1.90. The maximum atomic E-state index is 10.9. The van der Waals surface area contributed by atoms with E-state index >= 15 is 0 Å². The lowest BCUT2D eigenvalue weighted by atomic mass is 10.1. The maximum Gasteiger partial charge on any atom is 0.307 e. The van der Waals surface area contributed by atoms with Gasteiger partial charge in [0.25, 0.3) is 0 Å². The van der Waals surface area contributed by atoms with Crippen LogP contribution in [0, 0.1) is 20.8 Å². The highest BCUT2D eigenvalue weighted by Gasteiger charge is 2.17. The minimum atomic E-state index is -0.859. The Balaban J connectivity index is 2.58. The monoisotopic (exact) mass is 323 g/mol. The minimum absolute atomic E-state index is 0.0267. The van der Waals surface area contributed by atoms with Crippen molar-refractivity contribution in [2.75, 3.05) is 0 Å². The highest BCUT2D eigenvalue weighted by Crippen LogP contribution is 2.25. The van der Waals surface area contributed by atoms with Crippen LogP contribution in [0.3, 0.4) is 0 Å². The first-order valence-electron chi connectivity index (χ1n) is 5.80. The molecule has 0 atom stereocenters. The number of carbonyl (C=O) groups is 1. The van der Waals surface area contributed by atoms with Crippen LogP contribution in [0.25, 0.3) is 5.82 Å². The van der Waals surface area contributed by atoms with Crippen molar-refractivity contribution in [1.29, 1.82) is 0 Å². The zero-order valence-corrected chi connectivity index (χ0v) is 12.5. The van der Waals surface area contributed by atoms with Gasteiger partial charge in [-0.2, -0.15) is 5.10 Å². The number of carboxylic acid groups (broad SMARTS) is 1. The third kappa shape index (κ3) is 2.53. The highest BCUT2D eigenvalue weighted by molar-refractivity contribution is 9.10.